The third-order valence-corrected chi connectivity index (χ3v) is 4.73. The highest BCUT2D eigenvalue weighted by molar-refractivity contribution is 6.13. The Labute approximate surface area is 196 Å². The van der Waals surface area contributed by atoms with Crippen molar-refractivity contribution in [3.05, 3.63) is 65.3 Å². The summed E-state index contributed by atoms with van der Waals surface area (Å²) in [7, 11) is 1.22. The molecule has 0 radical (unpaired) electrons. The number of nitriles is 1. The number of carbonyl (C=O) groups is 3. The quantitative estimate of drug-likeness (QED) is 0.245. The van der Waals surface area contributed by atoms with Crippen LogP contribution in [0.5, 0.6) is 11.5 Å². The van der Waals surface area contributed by atoms with Crippen LogP contribution in [0.3, 0.4) is 0 Å². The van der Waals surface area contributed by atoms with E-state index in [2.05, 4.69) is 16.6 Å². The number of amides is 3. The summed E-state index contributed by atoms with van der Waals surface area (Å²) in [5.41, 5.74) is 1.35. The largest absolute Gasteiger partial charge is 0.490 e. The van der Waals surface area contributed by atoms with Gasteiger partial charge in [0.25, 0.3) is 5.91 Å². The minimum Gasteiger partial charge on any atom is -0.490 e. The predicted molar refractivity (Wildman–Crippen MR) is 120 cm³/mol. The summed E-state index contributed by atoms with van der Waals surface area (Å²) in [4.78, 5) is 37.8. The fraction of sp³-hybridized carbons (Fsp3) is 0.250. The highest BCUT2D eigenvalue weighted by atomic mass is 16.5. The summed E-state index contributed by atoms with van der Waals surface area (Å²) in [6.07, 6.45) is 3.63. The summed E-state index contributed by atoms with van der Waals surface area (Å²) in [6.45, 7) is 5.60. The third-order valence-electron chi connectivity index (χ3n) is 4.73. The van der Waals surface area contributed by atoms with Crippen LogP contribution < -0.4 is 14.8 Å². The number of allylic oxidation sites excluding steroid dienone is 1. The number of esters is 1. The van der Waals surface area contributed by atoms with Gasteiger partial charge in [-0.25, -0.2) is 9.59 Å². The number of carbonyl (C=O) groups excluding carboxylic acids is 3. The molecular weight excluding hydrogens is 442 g/mol. The fourth-order valence-electron chi connectivity index (χ4n) is 3.32. The van der Waals surface area contributed by atoms with E-state index in [1.165, 1.54) is 25.3 Å². The maximum absolute atomic E-state index is 12.9. The predicted octanol–water partition coefficient (Wildman–Crippen LogP) is 3.19. The first-order chi connectivity index (χ1) is 16.4. The molecule has 10 heteroatoms. The van der Waals surface area contributed by atoms with Crippen molar-refractivity contribution in [2.75, 3.05) is 20.3 Å². The van der Waals surface area contributed by atoms with E-state index in [4.69, 9.17) is 19.2 Å². The molecule has 176 valence electrons. The molecule has 2 heterocycles. The van der Waals surface area contributed by atoms with Crippen LogP contribution in [-0.2, 0) is 22.5 Å². The Kier molecular flexibility index (Phi) is 7.71. The lowest BCUT2D eigenvalue weighted by Crippen LogP contribution is -2.30. The van der Waals surface area contributed by atoms with Gasteiger partial charge in [0.2, 0.25) is 5.76 Å². The minimum atomic E-state index is -0.660. The van der Waals surface area contributed by atoms with E-state index in [9.17, 15) is 14.4 Å². The van der Waals surface area contributed by atoms with Gasteiger partial charge in [-0.1, -0.05) is 6.08 Å². The van der Waals surface area contributed by atoms with Gasteiger partial charge in [-0.15, -0.1) is 6.58 Å². The number of urea groups is 1. The van der Waals surface area contributed by atoms with Gasteiger partial charge in [0.1, 0.15) is 17.5 Å². The van der Waals surface area contributed by atoms with Crippen molar-refractivity contribution in [3.63, 3.8) is 0 Å². The van der Waals surface area contributed by atoms with E-state index >= 15 is 0 Å². The highest BCUT2D eigenvalue weighted by Gasteiger charge is 2.34. The lowest BCUT2D eigenvalue weighted by molar-refractivity contribution is -0.123. The van der Waals surface area contributed by atoms with Crippen LogP contribution in [0.15, 0.2) is 47.0 Å². The number of furan rings is 1. The maximum atomic E-state index is 12.9. The molecule has 0 aliphatic carbocycles. The molecular formula is C24H23N3O7. The number of hydrogen-bond acceptors (Lipinski definition) is 8. The minimum absolute atomic E-state index is 0.0303. The number of benzene rings is 1. The lowest BCUT2D eigenvalue weighted by atomic mass is 10.0. The van der Waals surface area contributed by atoms with Gasteiger partial charge in [0.15, 0.2) is 18.1 Å². The Morgan fingerprint density at radius 3 is 2.76 bits per heavy atom. The molecule has 1 aromatic carbocycles. The van der Waals surface area contributed by atoms with E-state index in [1.807, 2.05) is 13.0 Å². The van der Waals surface area contributed by atoms with E-state index in [0.29, 0.717) is 35.7 Å². The van der Waals surface area contributed by atoms with Crippen LogP contribution in [0.1, 0.15) is 34.4 Å². The molecule has 34 heavy (non-hydrogen) atoms. The Hall–Kier alpha value is -4.52. The first kappa shape index (κ1) is 24.1. The number of nitrogens with one attached hydrogen (secondary N) is 1. The van der Waals surface area contributed by atoms with Crippen molar-refractivity contribution in [1.29, 1.82) is 5.26 Å². The molecule has 0 atom stereocenters. The number of methoxy groups -OCH3 is 1. The van der Waals surface area contributed by atoms with Gasteiger partial charge in [0.05, 0.1) is 20.3 Å². The molecule has 0 saturated carbocycles. The zero-order chi connectivity index (χ0) is 24.7. The first-order valence-corrected chi connectivity index (χ1v) is 10.3. The van der Waals surface area contributed by atoms with Crippen LogP contribution in [0, 0.1) is 11.3 Å². The topological polar surface area (TPSA) is 131 Å². The SMILES string of the molecule is C=CCc1cc(/C=C2\NC(=O)N(Cc3ccc(C(=O)OC)o3)C2=O)cc(OCC)c1OCC#N. The Morgan fingerprint density at radius 1 is 1.29 bits per heavy atom. The van der Waals surface area contributed by atoms with Crippen molar-refractivity contribution >= 4 is 24.0 Å². The number of imide groups is 1. The monoisotopic (exact) mass is 465 g/mol. The molecule has 1 saturated heterocycles. The molecule has 3 amide bonds. The van der Waals surface area contributed by atoms with E-state index in [-0.39, 0.29) is 30.4 Å². The van der Waals surface area contributed by atoms with Crippen LogP contribution >= 0.6 is 0 Å². The zero-order valence-corrected chi connectivity index (χ0v) is 18.8. The molecule has 1 aliphatic rings. The van der Waals surface area contributed by atoms with Gasteiger partial charge in [-0.2, -0.15) is 5.26 Å². The smallest absolute Gasteiger partial charge is 0.373 e. The lowest BCUT2D eigenvalue weighted by Gasteiger charge is -2.15. The van der Waals surface area contributed by atoms with Gasteiger partial charge in [-0.3, -0.25) is 9.69 Å². The molecule has 1 aliphatic heterocycles. The van der Waals surface area contributed by atoms with E-state index < -0.39 is 17.9 Å². The Balaban J connectivity index is 1.88. The summed E-state index contributed by atoms with van der Waals surface area (Å²) in [5.74, 6) is -0.175. The third kappa shape index (κ3) is 5.27. The summed E-state index contributed by atoms with van der Waals surface area (Å²) in [5, 5.41) is 11.4. The Morgan fingerprint density at radius 2 is 2.09 bits per heavy atom. The van der Waals surface area contributed by atoms with Crippen molar-refractivity contribution in [2.24, 2.45) is 0 Å². The van der Waals surface area contributed by atoms with Crippen molar-refractivity contribution in [2.45, 2.75) is 19.9 Å². The standard InChI is InChI=1S/C24H23N3O7/c1-4-6-16-11-15(13-20(32-5-2)21(16)33-10-9-25)12-18-22(28)27(24(30)26-18)14-17-7-8-19(34-17)23(29)31-3/h4,7-8,11-13H,1,5-6,10,14H2,2-3H3,(H,26,30)/b18-12-. The molecule has 1 fully saturated rings. The van der Waals surface area contributed by atoms with Crippen LogP contribution in [0.25, 0.3) is 6.08 Å². The molecule has 0 unspecified atom stereocenters. The molecule has 10 nitrogen and oxygen atoms in total. The van der Waals surface area contributed by atoms with Crippen molar-refractivity contribution in [3.8, 4) is 17.6 Å². The number of rotatable bonds is 10. The fourth-order valence-corrected chi connectivity index (χ4v) is 3.32. The molecule has 0 bridgehead atoms. The van der Waals surface area contributed by atoms with Gasteiger partial charge in [0, 0.05) is 5.56 Å². The van der Waals surface area contributed by atoms with Gasteiger partial charge < -0.3 is 23.9 Å². The number of hydrogen-bond donors (Lipinski definition) is 1. The van der Waals surface area contributed by atoms with E-state index in [0.717, 1.165) is 4.90 Å². The average Bonchev–Trinajstić information content (AvgIpc) is 3.39. The zero-order valence-electron chi connectivity index (χ0n) is 18.8. The summed E-state index contributed by atoms with van der Waals surface area (Å²) in [6, 6.07) is 7.62. The first-order valence-electron chi connectivity index (χ1n) is 10.3. The Bertz CT molecular complexity index is 1190. The number of nitrogens with zero attached hydrogens (tertiary/aromatic N) is 2. The number of ether oxygens (including phenoxy) is 3. The normalized spacial score (nSPS) is 14.0. The second-order valence-corrected chi connectivity index (χ2v) is 7.02. The second kappa shape index (κ2) is 10.9. The molecule has 1 N–H and O–H groups in total. The van der Waals surface area contributed by atoms with Gasteiger partial charge in [-0.05, 0) is 49.2 Å². The summed E-state index contributed by atoms with van der Waals surface area (Å²) < 4.78 is 21.2. The van der Waals surface area contributed by atoms with Crippen molar-refractivity contribution in [1.82, 2.24) is 10.2 Å². The maximum Gasteiger partial charge on any atom is 0.373 e. The van der Waals surface area contributed by atoms with Gasteiger partial charge >= 0.3 is 12.0 Å². The van der Waals surface area contributed by atoms with E-state index in [1.54, 1.807) is 18.2 Å². The highest BCUT2D eigenvalue weighted by Crippen LogP contribution is 2.35. The summed E-state index contributed by atoms with van der Waals surface area (Å²) >= 11 is 0. The molecule has 2 aromatic rings. The van der Waals surface area contributed by atoms with Crippen LogP contribution in [0.2, 0.25) is 0 Å². The molecule has 0 spiro atoms. The van der Waals surface area contributed by atoms with Crippen molar-refractivity contribution < 1.29 is 33.0 Å². The average molecular weight is 465 g/mol. The molecule has 3 rings (SSSR count). The van der Waals surface area contributed by atoms with Crippen LogP contribution in [0.4, 0.5) is 4.79 Å². The van der Waals surface area contributed by atoms with Crippen LogP contribution in [-0.4, -0.2) is 43.1 Å². The molecule has 1 aromatic heterocycles. The second-order valence-electron chi connectivity index (χ2n) is 7.02.